The summed E-state index contributed by atoms with van der Waals surface area (Å²) in [6.45, 7) is 9.68. The molecule has 7 nitrogen and oxygen atoms in total. The number of nitrogens with one attached hydrogen (secondary N) is 2. The van der Waals surface area contributed by atoms with Crippen LogP contribution in [0, 0.1) is 0 Å². The van der Waals surface area contributed by atoms with E-state index in [9.17, 15) is 4.79 Å². The molecule has 8 heteroatoms. The van der Waals surface area contributed by atoms with Crippen molar-refractivity contribution < 1.29 is 14.1 Å². The van der Waals surface area contributed by atoms with Gasteiger partial charge < -0.3 is 19.9 Å². The van der Waals surface area contributed by atoms with Gasteiger partial charge in [-0.2, -0.15) is 0 Å². The van der Waals surface area contributed by atoms with Crippen molar-refractivity contribution in [3.05, 3.63) is 12.4 Å². The van der Waals surface area contributed by atoms with E-state index in [1.54, 1.807) is 19.3 Å². The molecule has 0 bridgehead atoms. The molecule has 1 aliphatic carbocycles. The van der Waals surface area contributed by atoms with Crippen molar-refractivity contribution in [2.45, 2.75) is 83.6 Å². The van der Waals surface area contributed by atoms with Gasteiger partial charge >= 0.3 is 7.12 Å². The van der Waals surface area contributed by atoms with Crippen molar-refractivity contribution in [1.82, 2.24) is 15.3 Å². The third-order valence-corrected chi connectivity index (χ3v) is 5.67. The number of nitrogens with zero attached hydrogens (tertiary/aromatic N) is 2. The van der Waals surface area contributed by atoms with E-state index in [0.717, 1.165) is 31.1 Å². The zero-order valence-corrected chi connectivity index (χ0v) is 16.3. The van der Waals surface area contributed by atoms with Crippen LogP contribution in [0.2, 0.25) is 0 Å². The zero-order valence-electron chi connectivity index (χ0n) is 16.3. The molecule has 3 rings (SSSR count). The second-order valence-corrected chi connectivity index (χ2v) is 8.32. The van der Waals surface area contributed by atoms with E-state index in [1.165, 1.54) is 0 Å². The fraction of sp³-hybridized carbons (Fsp3) is 0.722. The molecule has 0 spiro atoms. The van der Waals surface area contributed by atoms with Crippen LogP contribution in [0.4, 0.5) is 5.95 Å². The van der Waals surface area contributed by atoms with Crippen LogP contribution in [-0.2, 0) is 14.1 Å². The molecule has 1 amide bonds. The molecule has 2 aliphatic rings. The Morgan fingerprint density at radius 2 is 1.54 bits per heavy atom. The molecule has 2 N–H and O–H groups in total. The molecule has 1 saturated heterocycles. The molecule has 1 aromatic heterocycles. The van der Waals surface area contributed by atoms with Gasteiger partial charge in [-0.25, -0.2) is 9.97 Å². The summed E-state index contributed by atoms with van der Waals surface area (Å²) in [5.74, 6) is 0.663. The lowest BCUT2D eigenvalue weighted by Crippen LogP contribution is -2.41. The van der Waals surface area contributed by atoms with Gasteiger partial charge in [-0.15, -0.1) is 0 Å². The summed E-state index contributed by atoms with van der Waals surface area (Å²) >= 11 is 0. The normalized spacial score (nSPS) is 27.2. The van der Waals surface area contributed by atoms with Crippen LogP contribution >= 0.6 is 0 Å². The average molecular weight is 360 g/mol. The largest absolute Gasteiger partial charge is 0.498 e. The Morgan fingerprint density at radius 3 is 2.04 bits per heavy atom. The van der Waals surface area contributed by atoms with E-state index in [-0.39, 0.29) is 23.2 Å². The average Bonchev–Trinajstić information content (AvgIpc) is 2.77. The highest BCUT2D eigenvalue weighted by Crippen LogP contribution is 2.36. The van der Waals surface area contributed by atoms with Gasteiger partial charge in [0.05, 0.1) is 11.2 Å². The van der Waals surface area contributed by atoms with E-state index in [0.29, 0.717) is 12.0 Å². The Morgan fingerprint density at radius 1 is 1.04 bits per heavy atom. The Labute approximate surface area is 155 Å². The van der Waals surface area contributed by atoms with Gasteiger partial charge in [0.15, 0.2) is 0 Å². The maximum absolute atomic E-state index is 11.1. The van der Waals surface area contributed by atoms with Crippen LogP contribution in [0.1, 0.15) is 60.3 Å². The van der Waals surface area contributed by atoms with Crippen LogP contribution in [0.15, 0.2) is 12.4 Å². The van der Waals surface area contributed by atoms with Gasteiger partial charge in [-0.3, -0.25) is 4.79 Å². The Balaban J connectivity index is 1.54. The number of aromatic nitrogens is 2. The quantitative estimate of drug-likeness (QED) is 0.794. The summed E-state index contributed by atoms with van der Waals surface area (Å²) in [4.78, 5) is 20.0. The van der Waals surface area contributed by atoms with Gasteiger partial charge in [0.2, 0.25) is 11.9 Å². The van der Waals surface area contributed by atoms with Crippen LogP contribution in [0.25, 0.3) is 0 Å². The summed E-state index contributed by atoms with van der Waals surface area (Å²) in [5, 5.41) is 6.38. The first-order chi connectivity index (χ1) is 12.2. The number of hydrogen-bond donors (Lipinski definition) is 2. The number of anilines is 1. The second kappa shape index (κ2) is 7.16. The highest BCUT2D eigenvalue weighted by Gasteiger charge is 2.51. The number of rotatable bonds is 4. The molecular formula is C18H29BN4O3. The van der Waals surface area contributed by atoms with Crippen molar-refractivity contribution in [1.29, 1.82) is 0 Å². The summed E-state index contributed by atoms with van der Waals surface area (Å²) in [5.41, 5.74) is 0.0750. The fourth-order valence-electron chi connectivity index (χ4n) is 3.37. The highest BCUT2D eigenvalue weighted by molar-refractivity contribution is 6.61. The van der Waals surface area contributed by atoms with Crippen molar-refractivity contribution >= 4 is 24.4 Å². The van der Waals surface area contributed by atoms with Crippen molar-refractivity contribution in [2.24, 2.45) is 0 Å². The van der Waals surface area contributed by atoms with Crippen LogP contribution in [0.5, 0.6) is 0 Å². The molecule has 1 aromatic rings. The molecule has 2 fully saturated rings. The lowest BCUT2D eigenvalue weighted by molar-refractivity contribution is -0.119. The van der Waals surface area contributed by atoms with Gasteiger partial charge in [0, 0.05) is 36.9 Å². The molecule has 2 heterocycles. The number of carbonyl (C=O) groups is 1. The minimum Gasteiger partial charge on any atom is -0.399 e. The van der Waals surface area contributed by atoms with E-state index < -0.39 is 7.12 Å². The monoisotopic (exact) mass is 360 g/mol. The Bertz CT molecular complexity index is 626. The van der Waals surface area contributed by atoms with Gasteiger partial charge in [0.1, 0.15) is 0 Å². The van der Waals surface area contributed by atoms with E-state index in [1.807, 2.05) is 27.7 Å². The van der Waals surface area contributed by atoms with Crippen LogP contribution in [0.3, 0.4) is 0 Å². The predicted octanol–water partition coefficient (Wildman–Crippen LogP) is 1.63. The number of amides is 1. The molecule has 26 heavy (non-hydrogen) atoms. The van der Waals surface area contributed by atoms with Gasteiger partial charge in [-0.1, -0.05) is 0 Å². The zero-order chi connectivity index (χ0) is 18.9. The first-order valence-electron chi connectivity index (χ1n) is 9.37. The molecule has 142 valence electrons. The van der Waals surface area contributed by atoms with Crippen LogP contribution in [-0.4, -0.2) is 46.3 Å². The molecule has 0 atom stereocenters. The minimum absolute atomic E-state index is 0.0445. The van der Waals surface area contributed by atoms with Crippen molar-refractivity contribution in [3.63, 3.8) is 0 Å². The third kappa shape index (κ3) is 4.18. The van der Waals surface area contributed by atoms with Crippen molar-refractivity contribution in [3.8, 4) is 0 Å². The van der Waals surface area contributed by atoms with Crippen LogP contribution < -0.4 is 16.1 Å². The lowest BCUT2D eigenvalue weighted by Gasteiger charge is -2.32. The van der Waals surface area contributed by atoms with E-state index in [2.05, 4.69) is 20.6 Å². The summed E-state index contributed by atoms with van der Waals surface area (Å²) in [7, 11) is -0.442. The summed E-state index contributed by atoms with van der Waals surface area (Å²) < 4.78 is 12.1. The Hall–Kier alpha value is -1.67. The smallest absolute Gasteiger partial charge is 0.399 e. The summed E-state index contributed by atoms with van der Waals surface area (Å²) in [6.07, 6.45) is 7.47. The van der Waals surface area contributed by atoms with Gasteiger partial charge in [-0.05, 0) is 53.4 Å². The molecule has 1 aliphatic heterocycles. The van der Waals surface area contributed by atoms with Gasteiger partial charge in [0.25, 0.3) is 0 Å². The second-order valence-electron chi connectivity index (χ2n) is 8.32. The van der Waals surface area contributed by atoms with E-state index in [4.69, 9.17) is 9.31 Å². The summed E-state index contributed by atoms with van der Waals surface area (Å²) in [6, 6.07) is 0.625. The minimum atomic E-state index is -0.442. The molecule has 0 unspecified atom stereocenters. The third-order valence-electron chi connectivity index (χ3n) is 5.67. The fourth-order valence-corrected chi connectivity index (χ4v) is 3.37. The maximum Gasteiger partial charge on any atom is 0.498 e. The molecule has 1 saturated carbocycles. The lowest BCUT2D eigenvalue weighted by atomic mass is 9.81. The number of carbonyl (C=O) groups excluding carboxylic acids is 1. The SMILES string of the molecule is CC(=O)NC1CCC(Nc2ncc(B3OC(C)(C)C(C)(C)O3)cn2)CC1. The maximum atomic E-state index is 11.1. The molecular weight excluding hydrogens is 331 g/mol. The Kier molecular flexibility index (Phi) is 5.26. The molecule has 0 radical (unpaired) electrons. The first-order valence-corrected chi connectivity index (χ1v) is 9.37. The topological polar surface area (TPSA) is 85.4 Å². The number of hydrogen-bond acceptors (Lipinski definition) is 6. The standard InChI is InChI=1S/C18H29BN4O3/c1-12(24)22-14-6-8-15(9-7-14)23-16-20-10-13(11-21-16)19-25-17(2,3)18(4,5)26-19/h10-11,14-15H,6-9H2,1-5H3,(H,22,24)(H,20,21,23). The predicted molar refractivity (Wildman–Crippen MR) is 101 cm³/mol. The van der Waals surface area contributed by atoms with E-state index >= 15 is 0 Å². The highest BCUT2D eigenvalue weighted by atomic mass is 16.7. The first kappa shape index (κ1) is 19.1. The molecule has 0 aromatic carbocycles. The van der Waals surface area contributed by atoms with Crippen molar-refractivity contribution in [2.75, 3.05) is 5.32 Å².